The van der Waals surface area contributed by atoms with Crippen molar-refractivity contribution in [3.05, 3.63) is 51.6 Å². The first-order valence-corrected chi connectivity index (χ1v) is 10.0. The first kappa shape index (κ1) is 19.4. The van der Waals surface area contributed by atoms with E-state index in [9.17, 15) is 9.59 Å². The zero-order valence-corrected chi connectivity index (χ0v) is 17.6. The summed E-state index contributed by atoms with van der Waals surface area (Å²) in [5.74, 6) is 0.0953. The minimum Gasteiger partial charge on any atom is -0.350 e. The Bertz CT molecular complexity index is 1160. The number of carbonyl (C=O) groups is 1. The van der Waals surface area contributed by atoms with Crippen molar-refractivity contribution < 1.29 is 4.79 Å². The molecule has 4 rings (SSSR count). The molecule has 0 atom stereocenters. The van der Waals surface area contributed by atoms with E-state index in [2.05, 4.69) is 22.4 Å². The van der Waals surface area contributed by atoms with Gasteiger partial charge in [0.05, 0.1) is 17.6 Å². The van der Waals surface area contributed by atoms with E-state index in [0.29, 0.717) is 11.4 Å². The summed E-state index contributed by atoms with van der Waals surface area (Å²) in [4.78, 5) is 25.7. The Morgan fingerprint density at radius 2 is 1.93 bits per heavy atom. The van der Waals surface area contributed by atoms with Crippen LogP contribution in [0.5, 0.6) is 0 Å². The summed E-state index contributed by atoms with van der Waals surface area (Å²) in [7, 11) is 0. The Morgan fingerprint density at radius 1 is 1.21 bits per heavy atom. The van der Waals surface area contributed by atoms with Crippen LogP contribution in [-0.2, 0) is 11.3 Å². The maximum atomic E-state index is 13.3. The van der Waals surface area contributed by atoms with Crippen molar-refractivity contribution in [1.29, 1.82) is 0 Å². The number of nitrogens with one attached hydrogen (secondary N) is 1. The minimum absolute atomic E-state index is 0.107. The first-order valence-electron chi connectivity index (χ1n) is 10.0. The van der Waals surface area contributed by atoms with Crippen LogP contribution in [0.3, 0.4) is 0 Å². The normalized spacial score (nSPS) is 14.4. The van der Waals surface area contributed by atoms with Crippen LogP contribution in [-0.4, -0.2) is 31.0 Å². The average molecular weight is 393 g/mol. The van der Waals surface area contributed by atoms with Crippen molar-refractivity contribution in [2.24, 2.45) is 0 Å². The molecule has 1 N–H and O–H groups in total. The maximum Gasteiger partial charge on any atom is 0.293 e. The predicted molar refractivity (Wildman–Crippen MR) is 112 cm³/mol. The van der Waals surface area contributed by atoms with Crippen molar-refractivity contribution in [2.45, 2.75) is 65.5 Å². The third kappa shape index (κ3) is 3.81. The van der Waals surface area contributed by atoms with Crippen molar-refractivity contribution in [3.63, 3.8) is 0 Å². The highest BCUT2D eigenvalue weighted by Crippen LogP contribution is 2.41. The van der Waals surface area contributed by atoms with Crippen LogP contribution in [0.1, 0.15) is 56.4 Å². The Morgan fingerprint density at radius 3 is 2.55 bits per heavy atom. The fourth-order valence-corrected chi connectivity index (χ4v) is 3.51. The monoisotopic (exact) mass is 393 g/mol. The number of rotatable bonds is 4. The molecule has 1 aromatic carbocycles. The molecule has 0 radical (unpaired) electrons. The summed E-state index contributed by atoms with van der Waals surface area (Å²) in [6.07, 6.45) is 3.82. The molecule has 1 fully saturated rings. The van der Waals surface area contributed by atoms with E-state index in [1.165, 1.54) is 10.2 Å². The van der Waals surface area contributed by atoms with Gasteiger partial charge in [-0.1, -0.05) is 6.07 Å². The lowest BCUT2D eigenvalue weighted by Gasteiger charge is -2.20. The van der Waals surface area contributed by atoms with E-state index >= 15 is 0 Å². The molecule has 7 heteroatoms. The van der Waals surface area contributed by atoms with Crippen molar-refractivity contribution in [2.75, 3.05) is 0 Å². The van der Waals surface area contributed by atoms with Gasteiger partial charge in [-0.3, -0.25) is 9.59 Å². The maximum absolute atomic E-state index is 13.3. The van der Waals surface area contributed by atoms with Gasteiger partial charge in [0.2, 0.25) is 5.91 Å². The van der Waals surface area contributed by atoms with Gasteiger partial charge in [0, 0.05) is 16.8 Å². The number of aryl methyl sites for hydroxylation is 2. The van der Waals surface area contributed by atoms with Gasteiger partial charge in [0.15, 0.2) is 0 Å². The predicted octanol–water partition coefficient (Wildman–Crippen LogP) is 2.99. The summed E-state index contributed by atoms with van der Waals surface area (Å²) in [5.41, 5.74) is 3.81. The van der Waals surface area contributed by atoms with Gasteiger partial charge < -0.3 is 5.32 Å². The number of fused-ring (bicyclic) bond motifs is 1. The van der Waals surface area contributed by atoms with Crippen LogP contribution in [0.25, 0.3) is 16.6 Å². The Labute approximate surface area is 169 Å². The lowest BCUT2D eigenvalue weighted by Crippen LogP contribution is -2.44. The minimum atomic E-state index is -0.370. The molecule has 0 aliphatic heterocycles. The van der Waals surface area contributed by atoms with Gasteiger partial charge in [-0.05, 0) is 70.7 Å². The molecule has 152 valence electrons. The number of carbonyl (C=O) groups excluding carboxylic acids is 1. The zero-order valence-electron chi connectivity index (χ0n) is 17.6. The Balaban J connectivity index is 1.85. The fraction of sp³-hybridized carbons (Fsp3) is 0.455. The largest absolute Gasteiger partial charge is 0.350 e. The Kier molecular flexibility index (Phi) is 4.56. The van der Waals surface area contributed by atoms with Gasteiger partial charge in [-0.15, -0.1) is 0 Å². The van der Waals surface area contributed by atoms with Crippen LogP contribution < -0.4 is 10.9 Å². The highest BCUT2D eigenvalue weighted by molar-refractivity contribution is 5.83. The molecule has 3 aromatic rings. The second-order valence-corrected chi connectivity index (χ2v) is 9.01. The molecular weight excluding hydrogens is 366 g/mol. The summed E-state index contributed by atoms with van der Waals surface area (Å²) in [6.45, 7) is 9.72. The zero-order chi connectivity index (χ0) is 20.9. The number of benzene rings is 1. The number of amides is 1. The molecule has 2 aromatic heterocycles. The van der Waals surface area contributed by atoms with Gasteiger partial charge in [0.25, 0.3) is 5.56 Å². The molecule has 1 aliphatic rings. The quantitative estimate of drug-likeness (QED) is 0.739. The summed E-state index contributed by atoms with van der Waals surface area (Å²) >= 11 is 0. The first-order chi connectivity index (χ1) is 13.6. The molecule has 0 saturated heterocycles. The van der Waals surface area contributed by atoms with Crippen LogP contribution >= 0.6 is 0 Å². The van der Waals surface area contributed by atoms with Gasteiger partial charge >= 0.3 is 0 Å². The summed E-state index contributed by atoms with van der Waals surface area (Å²) in [6, 6.07) is 6.01. The highest BCUT2D eigenvalue weighted by atomic mass is 16.2. The van der Waals surface area contributed by atoms with Crippen molar-refractivity contribution in [3.8, 4) is 5.69 Å². The smallest absolute Gasteiger partial charge is 0.293 e. The average Bonchev–Trinajstić information content (AvgIpc) is 3.36. The van der Waals surface area contributed by atoms with Crippen molar-refractivity contribution in [1.82, 2.24) is 24.9 Å². The topological polar surface area (TPSA) is 81.8 Å². The molecule has 1 aliphatic carbocycles. The van der Waals surface area contributed by atoms with E-state index in [1.807, 2.05) is 45.9 Å². The molecule has 1 saturated carbocycles. The SMILES string of the molecule is Cc1ccc(-n2ncc3c(C4CC4)nn(CC(=O)NC(C)(C)C)c(=O)c32)cc1C. The van der Waals surface area contributed by atoms with Crippen LogP contribution in [0.4, 0.5) is 0 Å². The van der Waals surface area contributed by atoms with E-state index in [4.69, 9.17) is 0 Å². The third-order valence-electron chi connectivity index (χ3n) is 5.22. The van der Waals surface area contributed by atoms with Gasteiger partial charge in [-0.2, -0.15) is 10.2 Å². The molecule has 1 amide bonds. The standard InChI is InChI=1S/C22H27N5O2/c1-13-6-9-16(10-14(13)2)27-20-17(11-23-27)19(15-7-8-15)25-26(21(20)29)12-18(28)24-22(3,4)5/h6,9-11,15H,7-8,12H2,1-5H3,(H,24,28). The van der Waals surface area contributed by atoms with E-state index < -0.39 is 0 Å². The molecule has 0 bridgehead atoms. The number of aromatic nitrogens is 4. The number of hydrogen-bond acceptors (Lipinski definition) is 4. The lowest BCUT2D eigenvalue weighted by atomic mass is 10.1. The Hall–Kier alpha value is -2.96. The van der Waals surface area contributed by atoms with Crippen molar-refractivity contribution >= 4 is 16.8 Å². The summed E-state index contributed by atoms with van der Waals surface area (Å²) < 4.78 is 2.96. The fourth-order valence-electron chi connectivity index (χ4n) is 3.51. The van der Waals surface area contributed by atoms with E-state index in [-0.39, 0.29) is 23.6 Å². The van der Waals surface area contributed by atoms with Gasteiger partial charge in [-0.25, -0.2) is 9.36 Å². The molecular formula is C22H27N5O2. The van der Waals surface area contributed by atoms with Crippen LogP contribution in [0.2, 0.25) is 0 Å². The highest BCUT2D eigenvalue weighted by Gasteiger charge is 2.30. The molecule has 0 unspecified atom stereocenters. The molecule has 7 nitrogen and oxygen atoms in total. The third-order valence-corrected chi connectivity index (χ3v) is 5.22. The second kappa shape index (κ2) is 6.83. The summed E-state index contributed by atoms with van der Waals surface area (Å²) in [5, 5.41) is 12.8. The molecule has 29 heavy (non-hydrogen) atoms. The van der Waals surface area contributed by atoms with E-state index in [0.717, 1.165) is 35.2 Å². The second-order valence-electron chi connectivity index (χ2n) is 9.01. The number of nitrogens with zero attached hydrogens (tertiary/aromatic N) is 4. The molecule has 2 heterocycles. The molecule has 0 spiro atoms. The lowest BCUT2D eigenvalue weighted by molar-refractivity contribution is -0.123. The van der Waals surface area contributed by atoms with Gasteiger partial charge in [0.1, 0.15) is 12.1 Å². The van der Waals surface area contributed by atoms with E-state index in [1.54, 1.807) is 10.9 Å². The number of hydrogen-bond donors (Lipinski definition) is 1. The van der Waals surface area contributed by atoms with Crippen LogP contribution in [0, 0.1) is 13.8 Å². The van der Waals surface area contributed by atoms with Crippen LogP contribution in [0.15, 0.2) is 29.2 Å².